The summed E-state index contributed by atoms with van der Waals surface area (Å²) >= 11 is 0. The van der Waals surface area contributed by atoms with Gasteiger partial charge in [0.2, 0.25) is 0 Å². The Kier molecular flexibility index (Phi) is 3.97. The van der Waals surface area contributed by atoms with Crippen molar-refractivity contribution in [2.24, 2.45) is 0 Å². The second-order valence-electron chi connectivity index (χ2n) is 7.93. The molecule has 0 saturated heterocycles. The molecule has 7 heteroatoms. The van der Waals surface area contributed by atoms with Crippen LogP contribution < -0.4 is 5.32 Å². The Morgan fingerprint density at radius 3 is 2.65 bits per heavy atom. The number of pyridine rings is 1. The molecule has 2 aliphatic carbocycles. The fourth-order valence-electron chi connectivity index (χ4n) is 3.70. The van der Waals surface area contributed by atoms with Gasteiger partial charge in [-0.15, -0.1) is 0 Å². The van der Waals surface area contributed by atoms with E-state index in [9.17, 15) is 14.7 Å². The number of nitrogens with one attached hydrogen (secondary N) is 1. The lowest BCUT2D eigenvalue weighted by molar-refractivity contribution is -0.139. The van der Waals surface area contributed by atoms with Crippen LogP contribution in [0.25, 0.3) is 11.1 Å². The number of carbonyl (C=O) groups excluding carboxylic acids is 1. The molecule has 2 fully saturated rings. The molecule has 2 aliphatic rings. The Morgan fingerprint density at radius 1 is 1.38 bits per heavy atom. The minimum absolute atomic E-state index is 0.0525. The normalized spacial score (nSPS) is 18.7. The highest BCUT2D eigenvalue weighted by Crippen LogP contribution is 2.41. The highest BCUT2D eigenvalue weighted by molar-refractivity contribution is 6.06. The first-order valence-corrected chi connectivity index (χ1v) is 9.23. The number of hydrogen-bond acceptors (Lipinski definition) is 5. The third kappa shape index (κ3) is 2.95. The van der Waals surface area contributed by atoms with Gasteiger partial charge in [-0.1, -0.05) is 19.0 Å². The average molecular weight is 357 g/mol. The van der Waals surface area contributed by atoms with Crippen molar-refractivity contribution in [2.45, 2.75) is 69.7 Å². The average Bonchev–Trinajstić information content (AvgIpc) is 3.30. The zero-order valence-electron chi connectivity index (χ0n) is 15.0. The summed E-state index contributed by atoms with van der Waals surface area (Å²) in [6.07, 6.45) is 4.38. The van der Waals surface area contributed by atoms with Crippen molar-refractivity contribution in [3.05, 3.63) is 23.0 Å². The largest absolute Gasteiger partial charge is 0.481 e. The number of amides is 1. The van der Waals surface area contributed by atoms with Gasteiger partial charge in [0.15, 0.2) is 0 Å². The van der Waals surface area contributed by atoms with Crippen LogP contribution in [-0.2, 0) is 4.79 Å². The number of aliphatic carboxylic acids is 1. The molecule has 1 amide bonds. The Hall–Kier alpha value is -2.44. The third-order valence-electron chi connectivity index (χ3n) is 5.46. The second kappa shape index (κ2) is 6.07. The molecule has 7 nitrogen and oxygen atoms in total. The van der Waals surface area contributed by atoms with Crippen molar-refractivity contribution >= 4 is 23.0 Å². The zero-order valence-corrected chi connectivity index (χ0v) is 15.0. The van der Waals surface area contributed by atoms with Gasteiger partial charge in [-0.2, -0.15) is 0 Å². The minimum atomic E-state index is -0.892. The highest BCUT2D eigenvalue weighted by atomic mass is 16.5. The molecule has 0 atom stereocenters. The number of nitrogens with zero attached hydrogens (tertiary/aromatic N) is 2. The number of rotatable bonds is 6. The molecule has 138 valence electrons. The van der Waals surface area contributed by atoms with Crippen LogP contribution in [0, 0.1) is 0 Å². The maximum absolute atomic E-state index is 13.1. The van der Waals surface area contributed by atoms with Crippen LogP contribution in [0.5, 0.6) is 0 Å². The smallest absolute Gasteiger partial charge is 0.305 e. The van der Waals surface area contributed by atoms with E-state index in [2.05, 4.69) is 15.5 Å². The van der Waals surface area contributed by atoms with Gasteiger partial charge in [0.05, 0.1) is 28.6 Å². The van der Waals surface area contributed by atoms with Crippen LogP contribution >= 0.6 is 0 Å². The van der Waals surface area contributed by atoms with Crippen molar-refractivity contribution in [1.82, 2.24) is 15.5 Å². The maximum atomic E-state index is 13.1. The molecule has 2 heterocycles. The van der Waals surface area contributed by atoms with Crippen LogP contribution in [0.1, 0.15) is 86.0 Å². The standard InChI is InChI=1S/C19H23N3O4/c1-10(2)16-15-12(8-13(11-4-5-11)20-18(15)26-22-16)17(25)21-19(6-3-7-19)9-14(23)24/h8,10-11H,3-7,9H2,1-2H3,(H,21,25)(H,23,24). The minimum Gasteiger partial charge on any atom is -0.481 e. The third-order valence-corrected chi connectivity index (χ3v) is 5.46. The van der Waals surface area contributed by atoms with Crippen molar-refractivity contribution < 1.29 is 19.2 Å². The van der Waals surface area contributed by atoms with E-state index in [4.69, 9.17) is 4.52 Å². The van der Waals surface area contributed by atoms with Crippen molar-refractivity contribution in [3.63, 3.8) is 0 Å². The van der Waals surface area contributed by atoms with Crippen molar-refractivity contribution in [2.75, 3.05) is 0 Å². The van der Waals surface area contributed by atoms with Gasteiger partial charge in [-0.25, -0.2) is 4.98 Å². The Labute approximate surface area is 151 Å². The molecular formula is C19H23N3O4. The predicted molar refractivity (Wildman–Crippen MR) is 94.2 cm³/mol. The van der Waals surface area contributed by atoms with E-state index >= 15 is 0 Å². The summed E-state index contributed by atoms with van der Waals surface area (Å²) in [6, 6.07) is 1.84. The lowest BCUT2D eigenvalue weighted by Crippen LogP contribution is -2.54. The van der Waals surface area contributed by atoms with E-state index in [-0.39, 0.29) is 18.2 Å². The Balaban J connectivity index is 1.74. The molecule has 4 rings (SSSR count). The van der Waals surface area contributed by atoms with Crippen LogP contribution in [0.15, 0.2) is 10.6 Å². The van der Waals surface area contributed by atoms with Crippen LogP contribution in [-0.4, -0.2) is 32.7 Å². The van der Waals surface area contributed by atoms with Crippen LogP contribution in [0.3, 0.4) is 0 Å². The fourth-order valence-corrected chi connectivity index (χ4v) is 3.70. The Morgan fingerprint density at radius 2 is 2.12 bits per heavy atom. The Bertz CT molecular complexity index is 878. The van der Waals surface area contributed by atoms with Crippen LogP contribution in [0.2, 0.25) is 0 Å². The quantitative estimate of drug-likeness (QED) is 0.821. The van der Waals surface area contributed by atoms with Gasteiger partial charge < -0.3 is 14.9 Å². The van der Waals surface area contributed by atoms with E-state index in [1.807, 2.05) is 19.9 Å². The number of aromatic nitrogens is 2. The molecular weight excluding hydrogens is 334 g/mol. The van der Waals surface area contributed by atoms with Gasteiger partial charge in [0.25, 0.3) is 11.6 Å². The number of hydrogen-bond donors (Lipinski definition) is 2. The maximum Gasteiger partial charge on any atom is 0.305 e. The molecule has 0 radical (unpaired) electrons. The molecule has 2 aromatic rings. The summed E-state index contributed by atoms with van der Waals surface area (Å²) in [6.45, 7) is 3.98. The van der Waals surface area contributed by atoms with Crippen molar-refractivity contribution in [3.8, 4) is 0 Å². The van der Waals surface area contributed by atoms with E-state index in [1.54, 1.807) is 0 Å². The van der Waals surface area contributed by atoms with E-state index in [0.717, 1.165) is 25.0 Å². The summed E-state index contributed by atoms with van der Waals surface area (Å²) < 4.78 is 5.42. The molecule has 2 N–H and O–H groups in total. The van der Waals surface area contributed by atoms with Gasteiger partial charge >= 0.3 is 5.97 Å². The molecule has 0 aromatic carbocycles. The first-order chi connectivity index (χ1) is 12.4. The molecule has 0 unspecified atom stereocenters. The summed E-state index contributed by atoms with van der Waals surface area (Å²) in [4.78, 5) is 28.9. The lowest BCUT2D eigenvalue weighted by Gasteiger charge is -2.41. The monoisotopic (exact) mass is 357 g/mol. The number of fused-ring (bicyclic) bond motifs is 1. The molecule has 26 heavy (non-hydrogen) atoms. The van der Waals surface area contributed by atoms with Gasteiger partial charge in [-0.3, -0.25) is 9.59 Å². The predicted octanol–water partition coefficient (Wildman–Crippen LogP) is 3.35. The van der Waals surface area contributed by atoms with E-state index in [0.29, 0.717) is 41.1 Å². The number of carboxylic acid groups (broad SMARTS) is 1. The molecule has 0 bridgehead atoms. The summed E-state index contributed by atoms with van der Waals surface area (Å²) in [5, 5.41) is 17.0. The molecule has 0 spiro atoms. The second-order valence-corrected chi connectivity index (χ2v) is 7.93. The first kappa shape index (κ1) is 17.0. The number of carbonyl (C=O) groups is 2. The topological polar surface area (TPSA) is 105 Å². The zero-order chi connectivity index (χ0) is 18.5. The molecule has 2 aromatic heterocycles. The number of carboxylic acids is 1. The SMILES string of the molecule is CC(C)c1noc2nc(C3CC3)cc(C(=O)NC3(CC(=O)O)CCC3)c12. The highest BCUT2D eigenvalue weighted by Gasteiger charge is 2.41. The van der Waals surface area contributed by atoms with Crippen molar-refractivity contribution in [1.29, 1.82) is 0 Å². The molecule has 2 saturated carbocycles. The first-order valence-electron chi connectivity index (χ1n) is 9.23. The molecule has 0 aliphatic heterocycles. The summed E-state index contributed by atoms with van der Waals surface area (Å²) in [7, 11) is 0. The fraction of sp³-hybridized carbons (Fsp3) is 0.579. The van der Waals surface area contributed by atoms with Gasteiger partial charge in [0, 0.05) is 11.6 Å². The van der Waals surface area contributed by atoms with Crippen LogP contribution in [0.4, 0.5) is 0 Å². The van der Waals surface area contributed by atoms with E-state index < -0.39 is 11.5 Å². The summed E-state index contributed by atoms with van der Waals surface area (Å²) in [5.41, 5.74) is 1.81. The lowest BCUT2D eigenvalue weighted by atomic mass is 9.74. The summed E-state index contributed by atoms with van der Waals surface area (Å²) in [5.74, 6) is -0.690. The van der Waals surface area contributed by atoms with Gasteiger partial charge in [0.1, 0.15) is 0 Å². The van der Waals surface area contributed by atoms with E-state index in [1.165, 1.54) is 0 Å². The van der Waals surface area contributed by atoms with Gasteiger partial charge in [-0.05, 0) is 44.1 Å².